The zero-order valence-corrected chi connectivity index (χ0v) is 19.7. The van der Waals surface area contributed by atoms with Crippen LogP contribution >= 0.6 is 0 Å². The highest BCUT2D eigenvalue weighted by Crippen LogP contribution is 2.67. The third kappa shape index (κ3) is 3.67. The van der Waals surface area contributed by atoms with Gasteiger partial charge in [-0.05, 0) is 98.2 Å². The van der Waals surface area contributed by atoms with Gasteiger partial charge in [-0.25, -0.2) is 0 Å². The lowest BCUT2D eigenvalue weighted by molar-refractivity contribution is -0.141. The van der Waals surface area contributed by atoms with Crippen molar-refractivity contribution in [2.45, 2.75) is 104 Å². The van der Waals surface area contributed by atoms with E-state index in [1.165, 1.54) is 44.9 Å². The first kappa shape index (κ1) is 22.4. The molecule has 0 unspecified atom stereocenters. The second kappa shape index (κ2) is 8.26. The predicted molar refractivity (Wildman–Crippen MR) is 121 cm³/mol. The molecule has 3 heteroatoms. The number of carboxylic acid groups (broad SMARTS) is 1. The van der Waals surface area contributed by atoms with Crippen LogP contribution in [-0.4, -0.2) is 22.3 Å². The zero-order chi connectivity index (χ0) is 21.7. The summed E-state index contributed by atoms with van der Waals surface area (Å²) in [7, 11) is 0. The van der Waals surface area contributed by atoms with Crippen molar-refractivity contribution in [2.24, 2.45) is 46.3 Å². The molecule has 3 saturated carbocycles. The Morgan fingerprint density at radius 2 is 1.87 bits per heavy atom. The van der Waals surface area contributed by atoms with E-state index in [4.69, 9.17) is 5.11 Å². The molecule has 0 bridgehead atoms. The fraction of sp³-hybridized carbons (Fsp3) is 0.889. The van der Waals surface area contributed by atoms with Crippen LogP contribution in [0.15, 0.2) is 11.6 Å². The molecule has 0 saturated heterocycles. The number of aliphatic carboxylic acids is 1. The van der Waals surface area contributed by atoms with Gasteiger partial charge in [0.25, 0.3) is 0 Å². The van der Waals surface area contributed by atoms with Gasteiger partial charge in [0.05, 0.1) is 12.0 Å². The average Bonchev–Trinajstić information content (AvgIpc) is 3.05. The van der Waals surface area contributed by atoms with Gasteiger partial charge in [-0.2, -0.15) is 0 Å². The third-order valence-electron chi connectivity index (χ3n) is 10.6. The summed E-state index contributed by atoms with van der Waals surface area (Å²) in [5, 5.41) is 19.4. The molecule has 9 atom stereocenters. The van der Waals surface area contributed by atoms with Crippen molar-refractivity contribution >= 4 is 5.97 Å². The van der Waals surface area contributed by atoms with Crippen molar-refractivity contribution in [2.75, 3.05) is 0 Å². The van der Waals surface area contributed by atoms with Crippen LogP contribution in [0.5, 0.6) is 0 Å². The molecule has 0 radical (unpaired) electrons. The minimum Gasteiger partial charge on any atom is -0.481 e. The number of allylic oxidation sites excluding steroid dienone is 1. The van der Waals surface area contributed by atoms with Crippen LogP contribution in [0.1, 0.15) is 98.3 Å². The summed E-state index contributed by atoms with van der Waals surface area (Å²) in [6, 6.07) is 0. The first-order valence-electron chi connectivity index (χ1n) is 12.8. The fourth-order valence-electron chi connectivity index (χ4n) is 8.69. The maximum absolute atomic E-state index is 11.1. The van der Waals surface area contributed by atoms with E-state index in [1.807, 2.05) is 6.92 Å². The van der Waals surface area contributed by atoms with Gasteiger partial charge in [-0.1, -0.05) is 52.2 Å². The summed E-state index contributed by atoms with van der Waals surface area (Å²) in [5.41, 5.74) is 2.37. The monoisotopic (exact) mass is 416 g/mol. The summed E-state index contributed by atoms with van der Waals surface area (Å²) in [5.74, 6) is 3.14. The summed E-state index contributed by atoms with van der Waals surface area (Å²) >= 11 is 0. The smallest absolute Gasteiger partial charge is 0.306 e. The van der Waals surface area contributed by atoms with Gasteiger partial charge in [0.2, 0.25) is 0 Å². The molecule has 0 heterocycles. The SMILES string of the molecule is C[C@H](CCC[C@H](C)C(=O)O)[C@H]1CC[C@H]2[C@@H]3CC=C4C[C@@H](O)CC[C@]4(C)[C@H]3CC[C@]12C. The minimum absolute atomic E-state index is 0.115. The fourth-order valence-corrected chi connectivity index (χ4v) is 8.69. The molecule has 0 spiro atoms. The number of hydrogen-bond donors (Lipinski definition) is 2. The maximum Gasteiger partial charge on any atom is 0.306 e. The Kier molecular flexibility index (Phi) is 6.16. The Morgan fingerprint density at radius 1 is 1.10 bits per heavy atom. The summed E-state index contributed by atoms with van der Waals surface area (Å²) in [6.45, 7) is 9.41. The standard InChI is InChI=1S/C27H44O3/c1-17(6-5-7-18(2)25(29)30)22-10-11-23-21-9-8-19-16-20(28)12-14-26(19,3)24(21)13-15-27(22,23)4/h8,17-18,20-24,28H,5-7,9-16H2,1-4H3,(H,29,30)/t17-,18+,20+,21+,22-,23+,24+,26+,27-/m1/s1. The second-order valence-corrected chi connectivity index (χ2v) is 12.0. The first-order valence-corrected chi connectivity index (χ1v) is 12.8. The lowest BCUT2D eigenvalue weighted by Crippen LogP contribution is -2.50. The largest absolute Gasteiger partial charge is 0.481 e. The van der Waals surface area contributed by atoms with E-state index < -0.39 is 5.97 Å². The van der Waals surface area contributed by atoms with Gasteiger partial charge in [-0.3, -0.25) is 4.79 Å². The molecular formula is C27H44O3. The van der Waals surface area contributed by atoms with Crippen molar-refractivity contribution in [1.82, 2.24) is 0 Å². The normalized spacial score (nSPS) is 45.0. The highest BCUT2D eigenvalue weighted by Gasteiger charge is 2.59. The zero-order valence-electron chi connectivity index (χ0n) is 19.7. The maximum atomic E-state index is 11.1. The van der Waals surface area contributed by atoms with E-state index in [-0.39, 0.29) is 12.0 Å². The topological polar surface area (TPSA) is 57.5 Å². The van der Waals surface area contributed by atoms with E-state index >= 15 is 0 Å². The number of aliphatic hydroxyl groups is 1. The van der Waals surface area contributed by atoms with Crippen LogP contribution in [0.2, 0.25) is 0 Å². The third-order valence-corrected chi connectivity index (χ3v) is 10.6. The van der Waals surface area contributed by atoms with Crippen LogP contribution < -0.4 is 0 Å². The van der Waals surface area contributed by atoms with Crippen LogP contribution in [0, 0.1) is 46.3 Å². The molecule has 0 aromatic heterocycles. The number of carboxylic acids is 1. The first-order chi connectivity index (χ1) is 14.2. The lowest BCUT2D eigenvalue weighted by Gasteiger charge is -2.58. The number of fused-ring (bicyclic) bond motifs is 5. The molecule has 0 amide bonds. The van der Waals surface area contributed by atoms with Crippen LogP contribution in [0.4, 0.5) is 0 Å². The molecule has 0 aromatic rings. The van der Waals surface area contributed by atoms with Gasteiger partial charge in [-0.15, -0.1) is 0 Å². The molecule has 3 fully saturated rings. The molecular weight excluding hydrogens is 372 g/mol. The Bertz CT molecular complexity index is 684. The second-order valence-electron chi connectivity index (χ2n) is 12.0. The van der Waals surface area contributed by atoms with Crippen molar-refractivity contribution in [3.8, 4) is 0 Å². The number of rotatable bonds is 6. The van der Waals surface area contributed by atoms with Crippen LogP contribution in [0.25, 0.3) is 0 Å². The molecule has 2 N–H and O–H groups in total. The minimum atomic E-state index is -0.651. The quantitative estimate of drug-likeness (QED) is 0.489. The van der Waals surface area contributed by atoms with Crippen molar-refractivity contribution in [3.05, 3.63) is 11.6 Å². The lowest BCUT2D eigenvalue weighted by atomic mass is 9.47. The van der Waals surface area contributed by atoms with Gasteiger partial charge >= 0.3 is 5.97 Å². The van der Waals surface area contributed by atoms with Crippen molar-refractivity contribution < 1.29 is 15.0 Å². The summed E-state index contributed by atoms with van der Waals surface area (Å²) in [4.78, 5) is 11.1. The molecule has 4 aliphatic carbocycles. The summed E-state index contributed by atoms with van der Waals surface area (Å²) in [6.07, 6.45) is 15.2. The molecule has 30 heavy (non-hydrogen) atoms. The molecule has 0 aliphatic heterocycles. The summed E-state index contributed by atoms with van der Waals surface area (Å²) < 4.78 is 0. The van der Waals surface area contributed by atoms with E-state index in [9.17, 15) is 9.90 Å². The Hall–Kier alpha value is -0.830. The number of hydrogen-bond acceptors (Lipinski definition) is 2. The highest BCUT2D eigenvalue weighted by molar-refractivity contribution is 5.69. The average molecular weight is 417 g/mol. The van der Waals surface area contributed by atoms with E-state index in [2.05, 4.69) is 26.8 Å². The van der Waals surface area contributed by atoms with Crippen molar-refractivity contribution in [1.29, 1.82) is 0 Å². The molecule has 4 aliphatic rings. The molecule has 170 valence electrons. The molecule has 3 nitrogen and oxygen atoms in total. The van der Waals surface area contributed by atoms with E-state index in [0.717, 1.165) is 49.4 Å². The number of aliphatic hydroxyl groups excluding tert-OH is 1. The van der Waals surface area contributed by atoms with Crippen LogP contribution in [0.3, 0.4) is 0 Å². The Balaban J connectivity index is 1.44. The Labute approximate surface area is 183 Å². The van der Waals surface area contributed by atoms with E-state index in [1.54, 1.807) is 5.57 Å². The number of carbonyl (C=O) groups is 1. The van der Waals surface area contributed by atoms with Gasteiger partial charge in [0.15, 0.2) is 0 Å². The molecule has 4 rings (SSSR count). The molecule has 0 aromatic carbocycles. The highest BCUT2D eigenvalue weighted by atomic mass is 16.4. The Morgan fingerprint density at radius 3 is 2.60 bits per heavy atom. The van der Waals surface area contributed by atoms with Crippen molar-refractivity contribution in [3.63, 3.8) is 0 Å². The van der Waals surface area contributed by atoms with Gasteiger partial charge < -0.3 is 10.2 Å². The van der Waals surface area contributed by atoms with E-state index in [0.29, 0.717) is 16.7 Å². The predicted octanol–water partition coefficient (Wildman–Crippen LogP) is 6.45. The van der Waals surface area contributed by atoms with Gasteiger partial charge in [0.1, 0.15) is 0 Å². The van der Waals surface area contributed by atoms with Crippen LogP contribution in [-0.2, 0) is 4.79 Å². The van der Waals surface area contributed by atoms with Gasteiger partial charge in [0, 0.05) is 0 Å².